The van der Waals surface area contributed by atoms with Crippen molar-refractivity contribution in [2.45, 2.75) is 9.79 Å². The van der Waals surface area contributed by atoms with Crippen molar-refractivity contribution in [3.8, 4) is 0 Å². The first-order valence-corrected chi connectivity index (χ1v) is 9.11. The van der Waals surface area contributed by atoms with Gasteiger partial charge in [-0.25, -0.2) is 4.79 Å². The molecule has 0 aliphatic heterocycles. The normalized spacial score (nSPS) is 9.64. The molecule has 0 aliphatic carbocycles. The Balaban J connectivity index is 0.000000220. The van der Waals surface area contributed by atoms with Crippen molar-refractivity contribution in [3.63, 3.8) is 0 Å². The zero-order valence-corrected chi connectivity index (χ0v) is 14.9. The van der Waals surface area contributed by atoms with Gasteiger partial charge in [-0.05, 0) is 61.0 Å². The Hall–Kier alpha value is -1.59. The third-order valence-electron chi connectivity index (χ3n) is 2.93. The Morgan fingerprint density at radius 2 is 1.27 bits per heavy atom. The summed E-state index contributed by atoms with van der Waals surface area (Å²) >= 11 is 3.37. The maximum atomic E-state index is 10.4. The van der Waals surface area contributed by atoms with Gasteiger partial charge in [-0.1, -0.05) is 0 Å². The average Bonchev–Trinajstić information content (AvgIpc) is 2.55. The van der Waals surface area contributed by atoms with Crippen molar-refractivity contribution in [2.24, 2.45) is 0 Å². The van der Waals surface area contributed by atoms with E-state index in [9.17, 15) is 4.79 Å². The zero-order valence-electron chi connectivity index (χ0n) is 13.2. The molecule has 118 valence electrons. The Kier molecular flexibility index (Phi) is 7.91. The average molecular weight is 335 g/mol. The molecule has 0 unspecified atom stereocenters. The van der Waals surface area contributed by atoms with Crippen LogP contribution < -0.4 is 4.90 Å². The summed E-state index contributed by atoms with van der Waals surface area (Å²) in [7, 11) is 4.10. The molecule has 0 amide bonds. The minimum Gasteiger partial charge on any atom is -0.478 e. The van der Waals surface area contributed by atoms with Crippen molar-refractivity contribution in [3.05, 3.63) is 54.1 Å². The number of rotatable bonds is 4. The summed E-state index contributed by atoms with van der Waals surface area (Å²) < 4.78 is 0. The topological polar surface area (TPSA) is 40.5 Å². The van der Waals surface area contributed by atoms with Crippen LogP contribution >= 0.6 is 23.5 Å². The smallest absolute Gasteiger partial charge is 0.335 e. The number of carboxylic acids is 1. The summed E-state index contributed by atoms with van der Waals surface area (Å²) in [6, 6.07) is 15.3. The van der Waals surface area contributed by atoms with Gasteiger partial charge in [-0.2, -0.15) is 0 Å². The molecule has 0 heterocycles. The van der Waals surface area contributed by atoms with Crippen molar-refractivity contribution < 1.29 is 9.90 Å². The van der Waals surface area contributed by atoms with E-state index in [0.717, 1.165) is 4.90 Å². The maximum absolute atomic E-state index is 10.4. The summed E-state index contributed by atoms with van der Waals surface area (Å²) in [4.78, 5) is 14.9. The molecule has 22 heavy (non-hydrogen) atoms. The Morgan fingerprint density at radius 1 is 0.864 bits per heavy atom. The van der Waals surface area contributed by atoms with Crippen molar-refractivity contribution in [1.29, 1.82) is 0 Å². The molecule has 2 aromatic carbocycles. The Morgan fingerprint density at radius 3 is 1.59 bits per heavy atom. The first-order chi connectivity index (χ1) is 10.5. The molecule has 0 aliphatic rings. The lowest BCUT2D eigenvalue weighted by Crippen LogP contribution is -2.07. The van der Waals surface area contributed by atoms with Crippen LogP contribution in [-0.4, -0.2) is 37.7 Å². The molecule has 0 atom stereocenters. The first-order valence-electron chi connectivity index (χ1n) is 6.66. The molecular formula is C17H21NO2S2. The largest absolute Gasteiger partial charge is 0.478 e. The van der Waals surface area contributed by atoms with Crippen molar-refractivity contribution in [1.82, 2.24) is 0 Å². The summed E-state index contributed by atoms with van der Waals surface area (Å²) in [5.41, 5.74) is 1.59. The summed E-state index contributed by atoms with van der Waals surface area (Å²) in [5, 5.41) is 8.54. The summed E-state index contributed by atoms with van der Waals surface area (Å²) in [6.45, 7) is 0. The molecule has 0 saturated carbocycles. The van der Waals surface area contributed by atoms with E-state index in [4.69, 9.17) is 5.11 Å². The van der Waals surface area contributed by atoms with E-state index in [0.29, 0.717) is 5.56 Å². The van der Waals surface area contributed by atoms with Crippen LogP contribution in [0, 0.1) is 0 Å². The number of carbonyl (C=O) groups is 1. The highest BCUT2D eigenvalue weighted by atomic mass is 32.2. The third kappa shape index (κ3) is 6.03. The Bertz CT molecular complexity index is 581. The zero-order chi connectivity index (χ0) is 16.5. The first kappa shape index (κ1) is 18.5. The number of hydrogen-bond donors (Lipinski definition) is 1. The van der Waals surface area contributed by atoms with E-state index in [1.165, 1.54) is 10.6 Å². The lowest BCUT2D eigenvalue weighted by atomic mass is 10.2. The van der Waals surface area contributed by atoms with Crippen molar-refractivity contribution in [2.75, 3.05) is 31.5 Å². The number of aromatic carboxylic acids is 1. The number of hydrogen-bond acceptors (Lipinski definition) is 4. The van der Waals surface area contributed by atoms with Gasteiger partial charge in [0.2, 0.25) is 0 Å². The number of thioether (sulfide) groups is 2. The number of anilines is 1. The van der Waals surface area contributed by atoms with Crippen LogP contribution in [0.3, 0.4) is 0 Å². The fourth-order valence-electron chi connectivity index (χ4n) is 1.61. The lowest BCUT2D eigenvalue weighted by Gasteiger charge is -2.11. The number of carboxylic acid groups (broad SMARTS) is 1. The van der Waals surface area contributed by atoms with Gasteiger partial charge >= 0.3 is 5.97 Å². The second kappa shape index (κ2) is 9.43. The van der Waals surface area contributed by atoms with E-state index in [2.05, 4.69) is 35.4 Å². The van der Waals surface area contributed by atoms with Gasteiger partial charge in [0, 0.05) is 29.6 Å². The third-order valence-corrected chi connectivity index (χ3v) is 4.41. The highest BCUT2D eigenvalue weighted by Gasteiger charge is 1.99. The van der Waals surface area contributed by atoms with E-state index in [1.807, 2.05) is 20.4 Å². The molecule has 3 nitrogen and oxygen atoms in total. The molecule has 0 aromatic heterocycles. The lowest BCUT2D eigenvalue weighted by molar-refractivity contribution is 0.0697. The van der Waals surface area contributed by atoms with Gasteiger partial charge in [-0.15, -0.1) is 23.5 Å². The summed E-state index contributed by atoms with van der Waals surface area (Å²) in [6.07, 6.45) is 4.04. The molecule has 0 fully saturated rings. The van der Waals surface area contributed by atoms with E-state index >= 15 is 0 Å². The molecule has 2 rings (SSSR count). The van der Waals surface area contributed by atoms with Gasteiger partial charge in [0.1, 0.15) is 0 Å². The molecule has 5 heteroatoms. The van der Waals surface area contributed by atoms with Gasteiger partial charge < -0.3 is 10.0 Å². The predicted molar refractivity (Wildman–Crippen MR) is 97.7 cm³/mol. The molecule has 2 aromatic rings. The van der Waals surface area contributed by atoms with Crippen LogP contribution in [-0.2, 0) is 0 Å². The van der Waals surface area contributed by atoms with E-state index in [1.54, 1.807) is 47.8 Å². The monoisotopic (exact) mass is 335 g/mol. The molecule has 1 N–H and O–H groups in total. The molecule has 0 bridgehead atoms. The van der Waals surface area contributed by atoms with E-state index < -0.39 is 5.97 Å². The molecule has 0 spiro atoms. The number of benzene rings is 2. The van der Waals surface area contributed by atoms with Crippen LogP contribution in [0.2, 0.25) is 0 Å². The van der Waals surface area contributed by atoms with Crippen LogP contribution in [0.4, 0.5) is 5.69 Å². The van der Waals surface area contributed by atoms with Crippen LogP contribution in [0.15, 0.2) is 58.3 Å². The van der Waals surface area contributed by atoms with Crippen molar-refractivity contribution >= 4 is 35.2 Å². The van der Waals surface area contributed by atoms with Gasteiger partial charge in [0.25, 0.3) is 0 Å². The highest BCUT2D eigenvalue weighted by molar-refractivity contribution is 7.98. The SMILES string of the molecule is CSc1ccc(C(=O)O)cc1.CSc1ccc(N(C)C)cc1. The second-order valence-electron chi connectivity index (χ2n) is 4.63. The van der Waals surface area contributed by atoms with Crippen LogP contribution in [0.1, 0.15) is 10.4 Å². The summed E-state index contributed by atoms with van der Waals surface area (Å²) in [5.74, 6) is -0.877. The minimum atomic E-state index is -0.877. The second-order valence-corrected chi connectivity index (χ2v) is 6.39. The highest BCUT2D eigenvalue weighted by Crippen LogP contribution is 2.18. The van der Waals surface area contributed by atoms with Gasteiger partial charge in [0.05, 0.1) is 5.56 Å². The quantitative estimate of drug-likeness (QED) is 0.828. The number of nitrogens with zero attached hydrogens (tertiary/aromatic N) is 1. The molecular weight excluding hydrogens is 314 g/mol. The predicted octanol–water partition coefficient (Wildman–Crippen LogP) is 4.58. The maximum Gasteiger partial charge on any atom is 0.335 e. The van der Waals surface area contributed by atoms with Gasteiger partial charge in [-0.3, -0.25) is 0 Å². The van der Waals surface area contributed by atoms with Gasteiger partial charge in [0.15, 0.2) is 0 Å². The van der Waals surface area contributed by atoms with Crippen LogP contribution in [0.5, 0.6) is 0 Å². The molecule has 0 radical (unpaired) electrons. The van der Waals surface area contributed by atoms with Crippen LogP contribution in [0.25, 0.3) is 0 Å². The molecule has 0 saturated heterocycles. The fourth-order valence-corrected chi connectivity index (χ4v) is 2.43. The van der Waals surface area contributed by atoms with E-state index in [-0.39, 0.29) is 0 Å². The Labute approximate surface area is 140 Å². The fraction of sp³-hybridized carbons (Fsp3) is 0.235. The standard InChI is InChI=1S/C9H13NS.C8H8O2S/c1-10(2)8-4-6-9(11-3)7-5-8;1-11-7-4-2-6(3-5-7)8(9)10/h4-7H,1-3H3;2-5H,1H3,(H,9,10). The minimum absolute atomic E-state index is 0.336.